The number of phenols is 1. The van der Waals surface area contributed by atoms with Crippen LogP contribution in [0.5, 0.6) is 11.5 Å². The number of para-hydroxylation sites is 1. The zero-order valence-corrected chi connectivity index (χ0v) is 14.7. The van der Waals surface area contributed by atoms with Crippen molar-refractivity contribution < 1.29 is 14.6 Å². The molecule has 0 amide bonds. The minimum Gasteiger partial charge on any atom is -0.507 e. The van der Waals surface area contributed by atoms with Crippen LogP contribution in [0.15, 0.2) is 58.8 Å². The molecule has 0 radical (unpaired) electrons. The number of carbonyl (C=O) groups excluding carboxylic acids is 1. The van der Waals surface area contributed by atoms with Crippen LogP contribution < -0.4 is 4.74 Å². The number of methoxy groups -OCH3 is 1. The molecule has 0 saturated carbocycles. The molecule has 3 aromatic rings. The molecule has 0 fully saturated rings. The lowest BCUT2D eigenvalue weighted by Crippen LogP contribution is -2.15. The van der Waals surface area contributed by atoms with Crippen LogP contribution in [0.3, 0.4) is 0 Å². The highest BCUT2D eigenvalue weighted by molar-refractivity contribution is 5.98. The third-order valence-corrected chi connectivity index (χ3v) is 3.92. The number of benzene rings is 2. The SMILES string of the molecule is COc1ccc(N=Nc2c(C)nn(C(=O)c3ccccc3O)c2C)cc1. The maximum atomic E-state index is 12.7. The third kappa shape index (κ3) is 3.32. The molecule has 2 aromatic carbocycles. The van der Waals surface area contributed by atoms with Crippen LogP contribution in [0, 0.1) is 13.8 Å². The molecule has 0 aliphatic heterocycles. The first kappa shape index (κ1) is 17.3. The summed E-state index contributed by atoms with van der Waals surface area (Å²) < 4.78 is 6.34. The molecule has 0 atom stereocenters. The van der Waals surface area contributed by atoms with Gasteiger partial charge in [0.1, 0.15) is 17.2 Å². The van der Waals surface area contributed by atoms with E-state index in [2.05, 4.69) is 15.3 Å². The summed E-state index contributed by atoms with van der Waals surface area (Å²) in [6.07, 6.45) is 0. The second-order valence-corrected chi connectivity index (χ2v) is 5.65. The van der Waals surface area contributed by atoms with Gasteiger partial charge in [-0.25, -0.2) is 0 Å². The zero-order chi connectivity index (χ0) is 18.7. The number of aryl methyl sites for hydroxylation is 1. The maximum absolute atomic E-state index is 12.7. The van der Waals surface area contributed by atoms with Gasteiger partial charge in [-0.3, -0.25) is 4.79 Å². The number of aromatic hydroxyl groups is 1. The Bertz CT molecular complexity index is 975. The molecule has 26 heavy (non-hydrogen) atoms. The number of aromatic nitrogens is 2. The van der Waals surface area contributed by atoms with Gasteiger partial charge >= 0.3 is 0 Å². The second-order valence-electron chi connectivity index (χ2n) is 5.65. The first-order chi connectivity index (χ1) is 12.5. The van der Waals surface area contributed by atoms with Gasteiger partial charge < -0.3 is 9.84 Å². The first-order valence-electron chi connectivity index (χ1n) is 7.96. The molecule has 0 aliphatic carbocycles. The van der Waals surface area contributed by atoms with Gasteiger partial charge in [0.25, 0.3) is 5.91 Å². The number of nitrogens with zero attached hydrogens (tertiary/aromatic N) is 4. The van der Waals surface area contributed by atoms with Gasteiger partial charge in [0, 0.05) is 0 Å². The van der Waals surface area contributed by atoms with Crippen molar-refractivity contribution in [2.24, 2.45) is 10.2 Å². The van der Waals surface area contributed by atoms with Gasteiger partial charge in [-0.2, -0.15) is 14.9 Å². The summed E-state index contributed by atoms with van der Waals surface area (Å²) in [7, 11) is 1.60. The molecule has 0 spiro atoms. The van der Waals surface area contributed by atoms with Crippen LogP contribution >= 0.6 is 0 Å². The summed E-state index contributed by atoms with van der Waals surface area (Å²) in [5.74, 6) is 0.221. The summed E-state index contributed by atoms with van der Waals surface area (Å²) >= 11 is 0. The van der Waals surface area contributed by atoms with Crippen molar-refractivity contribution in [3.8, 4) is 11.5 Å². The Balaban J connectivity index is 1.91. The van der Waals surface area contributed by atoms with Crippen molar-refractivity contribution in [2.75, 3.05) is 7.11 Å². The topological polar surface area (TPSA) is 89.1 Å². The van der Waals surface area contributed by atoms with Gasteiger partial charge in [0.2, 0.25) is 0 Å². The zero-order valence-electron chi connectivity index (χ0n) is 14.7. The number of ether oxygens (including phenoxy) is 1. The van der Waals surface area contributed by atoms with E-state index in [1.807, 2.05) is 0 Å². The molecule has 0 unspecified atom stereocenters. The van der Waals surface area contributed by atoms with Crippen LogP contribution in [0.1, 0.15) is 21.7 Å². The van der Waals surface area contributed by atoms with E-state index >= 15 is 0 Å². The second kappa shape index (κ2) is 7.18. The van der Waals surface area contributed by atoms with Crippen LogP contribution in [-0.4, -0.2) is 27.9 Å². The molecule has 0 bridgehead atoms. The average Bonchev–Trinajstić information content (AvgIpc) is 2.94. The van der Waals surface area contributed by atoms with E-state index < -0.39 is 5.91 Å². The highest BCUT2D eigenvalue weighted by Crippen LogP contribution is 2.28. The van der Waals surface area contributed by atoms with Crippen molar-refractivity contribution in [1.29, 1.82) is 0 Å². The molecule has 1 aromatic heterocycles. The summed E-state index contributed by atoms with van der Waals surface area (Å²) in [5, 5.41) is 22.6. The molecule has 3 rings (SSSR count). The molecular weight excluding hydrogens is 332 g/mol. The Morgan fingerprint density at radius 1 is 1.08 bits per heavy atom. The minimum absolute atomic E-state index is 0.0912. The molecule has 1 heterocycles. The molecule has 7 nitrogen and oxygen atoms in total. The highest BCUT2D eigenvalue weighted by atomic mass is 16.5. The molecule has 7 heteroatoms. The summed E-state index contributed by atoms with van der Waals surface area (Å²) in [6.45, 7) is 3.49. The lowest BCUT2D eigenvalue weighted by molar-refractivity contribution is 0.0939. The smallest absolute Gasteiger partial charge is 0.282 e. The fourth-order valence-electron chi connectivity index (χ4n) is 2.50. The molecule has 0 saturated heterocycles. The largest absolute Gasteiger partial charge is 0.507 e. The normalized spacial score (nSPS) is 11.0. The van der Waals surface area contributed by atoms with E-state index in [-0.39, 0.29) is 11.3 Å². The number of rotatable bonds is 4. The fraction of sp³-hybridized carbons (Fsp3) is 0.158. The summed E-state index contributed by atoms with van der Waals surface area (Å²) in [5.41, 5.74) is 2.47. The number of carbonyl (C=O) groups is 1. The highest BCUT2D eigenvalue weighted by Gasteiger charge is 2.20. The van der Waals surface area contributed by atoms with Crippen molar-refractivity contribution in [3.63, 3.8) is 0 Å². The van der Waals surface area contributed by atoms with E-state index in [0.717, 1.165) is 5.75 Å². The molecule has 132 valence electrons. The van der Waals surface area contributed by atoms with Crippen LogP contribution in [0.4, 0.5) is 11.4 Å². The van der Waals surface area contributed by atoms with Gasteiger partial charge in [-0.05, 0) is 50.2 Å². The van der Waals surface area contributed by atoms with E-state index in [1.165, 1.54) is 10.7 Å². The Morgan fingerprint density at radius 3 is 2.42 bits per heavy atom. The Morgan fingerprint density at radius 2 is 1.77 bits per heavy atom. The Labute approximate surface area is 150 Å². The quantitative estimate of drug-likeness (QED) is 0.710. The number of hydrogen-bond acceptors (Lipinski definition) is 6. The summed E-state index contributed by atoms with van der Waals surface area (Å²) in [6, 6.07) is 13.5. The van der Waals surface area contributed by atoms with Crippen molar-refractivity contribution in [2.45, 2.75) is 13.8 Å². The number of azo groups is 1. The Kier molecular flexibility index (Phi) is 4.79. The third-order valence-electron chi connectivity index (χ3n) is 3.92. The van der Waals surface area contributed by atoms with Gasteiger partial charge in [0.05, 0.1) is 29.7 Å². The van der Waals surface area contributed by atoms with Crippen LogP contribution in [0.25, 0.3) is 0 Å². The predicted molar refractivity (Wildman–Crippen MR) is 96.7 cm³/mol. The predicted octanol–water partition coefficient (Wildman–Crippen LogP) is 4.32. The van der Waals surface area contributed by atoms with Crippen molar-refractivity contribution >= 4 is 17.3 Å². The minimum atomic E-state index is -0.422. The van der Waals surface area contributed by atoms with E-state index in [9.17, 15) is 9.90 Å². The lowest BCUT2D eigenvalue weighted by atomic mass is 10.2. The standard InChI is InChI=1S/C19H18N4O3/c1-12-18(21-20-14-8-10-15(26-3)11-9-14)13(2)23(22-12)19(25)16-6-4-5-7-17(16)24/h4-11,24H,1-3H3. The van der Waals surface area contributed by atoms with Gasteiger partial charge in [-0.1, -0.05) is 12.1 Å². The number of phenolic OH excluding ortho intramolecular Hbond substituents is 1. The number of hydrogen-bond donors (Lipinski definition) is 1. The van der Waals surface area contributed by atoms with E-state index in [0.29, 0.717) is 22.8 Å². The van der Waals surface area contributed by atoms with E-state index in [1.54, 1.807) is 63.4 Å². The lowest BCUT2D eigenvalue weighted by Gasteiger charge is -2.04. The van der Waals surface area contributed by atoms with Crippen LogP contribution in [-0.2, 0) is 0 Å². The average molecular weight is 350 g/mol. The Hall–Kier alpha value is -3.48. The monoisotopic (exact) mass is 350 g/mol. The maximum Gasteiger partial charge on any atom is 0.282 e. The van der Waals surface area contributed by atoms with Crippen molar-refractivity contribution in [3.05, 3.63) is 65.5 Å². The van der Waals surface area contributed by atoms with Gasteiger partial charge in [0.15, 0.2) is 0 Å². The fourth-order valence-corrected chi connectivity index (χ4v) is 2.50. The molecule has 0 aliphatic rings. The summed E-state index contributed by atoms with van der Waals surface area (Å²) in [4.78, 5) is 12.7. The molecule has 1 N–H and O–H groups in total. The molecular formula is C19H18N4O3. The first-order valence-corrected chi connectivity index (χ1v) is 7.96. The van der Waals surface area contributed by atoms with Crippen molar-refractivity contribution in [1.82, 2.24) is 9.78 Å². The van der Waals surface area contributed by atoms with Gasteiger partial charge in [-0.15, -0.1) is 5.11 Å². The van der Waals surface area contributed by atoms with E-state index in [4.69, 9.17) is 4.74 Å². The van der Waals surface area contributed by atoms with Crippen LogP contribution in [0.2, 0.25) is 0 Å².